The Bertz CT molecular complexity index is 748. The summed E-state index contributed by atoms with van der Waals surface area (Å²) in [5.74, 6) is 0.668. The van der Waals surface area contributed by atoms with Gasteiger partial charge < -0.3 is 5.73 Å². The van der Waals surface area contributed by atoms with Gasteiger partial charge in [0.1, 0.15) is 11.5 Å². The third-order valence-corrected chi connectivity index (χ3v) is 3.97. The monoisotopic (exact) mass is 327 g/mol. The van der Waals surface area contributed by atoms with E-state index in [0.29, 0.717) is 5.82 Å². The number of anilines is 1. The van der Waals surface area contributed by atoms with Crippen LogP contribution in [0.3, 0.4) is 0 Å². The fraction of sp³-hybridized carbons (Fsp3) is 0.0625. The van der Waals surface area contributed by atoms with E-state index in [0.717, 1.165) is 26.9 Å². The summed E-state index contributed by atoms with van der Waals surface area (Å²) in [7, 11) is 1.86. The molecule has 0 aliphatic carbocycles. The van der Waals surface area contributed by atoms with Crippen molar-refractivity contribution in [3.8, 4) is 22.4 Å². The molecule has 0 amide bonds. The van der Waals surface area contributed by atoms with Gasteiger partial charge in [-0.25, -0.2) is 0 Å². The van der Waals surface area contributed by atoms with Crippen molar-refractivity contribution in [2.75, 3.05) is 5.73 Å². The highest BCUT2D eigenvalue weighted by Gasteiger charge is 2.18. The average Bonchev–Trinajstić information content (AvgIpc) is 2.76. The highest BCUT2D eigenvalue weighted by molar-refractivity contribution is 9.10. The Hall–Kier alpha value is -2.07. The SMILES string of the molecule is Cn1nc(-c2ccccc2Br)c(-c2ccccc2)c1N. The van der Waals surface area contributed by atoms with Gasteiger partial charge in [-0.05, 0) is 11.6 Å². The summed E-state index contributed by atoms with van der Waals surface area (Å²) < 4.78 is 2.73. The molecule has 0 fully saturated rings. The minimum absolute atomic E-state index is 0.668. The molecule has 2 aromatic carbocycles. The first-order valence-corrected chi connectivity index (χ1v) is 7.10. The van der Waals surface area contributed by atoms with Crippen LogP contribution in [0.4, 0.5) is 5.82 Å². The largest absolute Gasteiger partial charge is 0.383 e. The zero-order valence-electron chi connectivity index (χ0n) is 11.0. The molecule has 3 aromatic rings. The molecule has 3 rings (SSSR count). The van der Waals surface area contributed by atoms with Gasteiger partial charge in [0, 0.05) is 17.1 Å². The molecule has 3 nitrogen and oxygen atoms in total. The van der Waals surface area contributed by atoms with Crippen LogP contribution in [0.25, 0.3) is 22.4 Å². The number of nitrogens with two attached hydrogens (primary N) is 1. The molecular weight excluding hydrogens is 314 g/mol. The van der Waals surface area contributed by atoms with Gasteiger partial charge in [0.15, 0.2) is 0 Å². The summed E-state index contributed by atoms with van der Waals surface area (Å²) in [6, 6.07) is 18.1. The van der Waals surface area contributed by atoms with Crippen molar-refractivity contribution in [1.82, 2.24) is 9.78 Å². The number of nitrogens with zero attached hydrogens (tertiary/aromatic N) is 2. The van der Waals surface area contributed by atoms with Crippen molar-refractivity contribution in [1.29, 1.82) is 0 Å². The number of nitrogen functional groups attached to an aromatic ring is 1. The molecule has 0 saturated heterocycles. The minimum atomic E-state index is 0.668. The molecule has 0 unspecified atom stereocenters. The molecule has 1 aromatic heterocycles. The lowest BCUT2D eigenvalue weighted by molar-refractivity contribution is 0.782. The van der Waals surface area contributed by atoms with Crippen molar-refractivity contribution < 1.29 is 0 Å². The first-order chi connectivity index (χ1) is 9.68. The van der Waals surface area contributed by atoms with Crippen LogP contribution in [0.5, 0.6) is 0 Å². The molecule has 0 bridgehead atoms. The fourth-order valence-corrected chi connectivity index (χ4v) is 2.74. The van der Waals surface area contributed by atoms with Crippen LogP contribution in [-0.2, 0) is 7.05 Å². The topological polar surface area (TPSA) is 43.8 Å². The second-order valence-electron chi connectivity index (χ2n) is 4.58. The molecule has 0 aliphatic heterocycles. The second-order valence-corrected chi connectivity index (χ2v) is 5.43. The standard InChI is InChI=1S/C16H14BrN3/c1-20-16(18)14(11-7-3-2-4-8-11)15(19-20)12-9-5-6-10-13(12)17/h2-10H,18H2,1H3. The predicted molar refractivity (Wildman–Crippen MR) is 86.2 cm³/mol. The Balaban J connectivity index is 2.28. The van der Waals surface area contributed by atoms with E-state index in [2.05, 4.69) is 21.0 Å². The van der Waals surface area contributed by atoms with Gasteiger partial charge in [-0.15, -0.1) is 0 Å². The van der Waals surface area contributed by atoms with E-state index in [-0.39, 0.29) is 0 Å². The maximum absolute atomic E-state index is 6.21. The van der Waals surface area contributed by atoms with Gasteiger partial charge in [0.25, 0.3) is 0 Å². The van der Waals surface area contributed by atoms with Gasteiger partial charge in [-0.1, -0.05) is 64.5 Å². The van der Waals surface area contributed by atoms with E-state index in [1.807, 2.05) is 61.6 Å². The molecule has 2 N–H and O–H groups in total. The highest BCUT2D eigenvalue weighted by Crippen LogP contribution is 2.38. The Kier molecular flexibility index (Phi) is 3.32. The number of aryl methyl sites for hydroxylation is 1. The molecule has 0 saturated carbocycles. The highest BCUT2D eigenvalue weighted by atomic mass is 79.9. The van der Waals surface area contributed by atoms with Crippen LogP contribution in [-0.4, -0.2) is 9.78 Å². The van der Waals surface area contributed by atoms with E-state index < -0.39 is 0 Å². The molecule has 0 aliphatic rings. The number of benzene rings is 2. The molecule has 0 atom stereocenters. The van der Waals surface area contributed by atoms with Crippen molar-refractivity contribution in [2.24, 2.45) is 7.05 Å². The van der Waals surface area contributed by atoms with Crippen LogP contribution in [0.2, 0.25) is 0 Å². The van der Waals surface area contributed by atoms with E-state index in [4.69, 9.17) is 5.73 Å². The summed E-state index contributed by atoms with van der Waals surface area (Å²) in [5, 5.41) is 4.58. The minimum Gasteiger partial charge on any atom is -0.383 e. The maximum atomic E-state index is 6.21. The van der Waals surface area contributed by atoms with Crippen molar-refractivity contribution >= 4 is 21.7 Å². The Morgan fingerprint density at radius 1 is 1.00 bits per heavy atom. The number of halogens is 1. The number of aromatic nitrogens is 2. The number of hydrogen-bond donors (Lipinski definition) is 1. The van der Waals surface area contributed by atoms with Crippen molar-refractivity contribution in [2.45, 2.75) is 0 Å². The van der Waals surface area contributed by atoms with Crippen molar-refractivity contribution in [3.05, 3.63) is 59.1 Å². The molecule has 100 valence electrons. The van der Waals surface area contributed by atoms with Crippen LogP contribution in [0.15, 0.2) is 59.1 Å². The summed E-state index contributed by atoms with van der Waals surface area (Å²) in [5.41, 5.74) is 10.2. The zero-order chi connectivity index (χ0) is 14.1. The van der Waals surface area contributed by atoms with Crippen LogP contribution in [0.1, 0.15) is 0 Å². The van der Waals surface area contributed by atoms with Crippen LogP contribution >= 0.6 is 15.9 Å². The smallest absolute Gasteiger partial charge is 0.129 e. The van der Waals surface area contributed by atoms with Gasteiger partial charge >= 0.3 is 0 Å². The normalized spacial score (nSPS) is 10.7. The van der Waals surface area contributed by atoms with Gasteiger partial charge in [-0.2, -0.15) is 5.10 Å². The molecule has 20 heavy (non-hydrogen) atoms. The maximum Gasteiger partial charge on any atom is 0.129 e. The van der Waals surface area contributed by atoms with Crippen LogP contribution < -0.4 is 5.73 Å². The van der Waals surface area contributed by atoms with Gasteiger partial charge in [-0.3, -0.25) is 4.68 Å². The third-order valence-electron chi connectivity index (χ3n) is 3.28. The van der Waals surface area contributed by atoms with Crippen LogP contribution in [0, 0.1) is 0 Å². The third kappa shape index (κ3) is 2.12. The Morgan fingerprint density at radius 3 is 2.35 bits per heavy atom. The molecule has 4 heteroatoms. The Morgan fingerprint density at radius 2 is 1.65 bits per heavy atom. The van der Waals surface area contributed by atoms with E-state index in [9.17, 15) is 0 Å². The Labute approximate surface area is 126 Å². The van der Waals surface area contributed by atoms with E-state index >= 15 is 0 Å². The lowest BCUT2D eigenvalue weighted by Gasteiger charge is -2.05. The quantitative estimate of drug-likeness (QED) is 0.770. The van der Waals surface area contributed by atoms with E-state index in [1.54, 1.807) is 4.68 Å². The molecule has 0 spiro atoms. The predicted octanol–water partition coefficient (Wildman–Crippen LogP) is 4.10. The second kappa shape index (κ2) is 5.13. The summed E-state index contributed by atoms with van der Waals surface area (Å²) in [6.07, 6.45) is 0. The van der Waals surface area contributed by atoms with E-state index in [1.165, 1.54) is 0 Å². The number of hydrogen-bond acceptors (Lipinski definition) is 2. The summed E-state index contributed by atoms with van der Waals surface area (Å²) in [4.78, 5) is 0. The lowest BCUT2D eigenvalue weighted by Crippen LogP contribution is -1.97. The van der Waals surface area contributed by atoms with Crippen molar-refractivity contribution in [3.63, 3.8) is 0 Å². The number of rotatable bonds is 2. The fourth-order valence-electron chi connectivity index (χ4n) is 2.27. The summed E-state index contributed by atoms with van der Waals surface area (Å²) >= 11 is 3.58. The summed E-state index contributed by atoms with van der Waals surface area (Å²) in [6.45, 7) is 0. The zero-order valence-corrected chi connectivity index (χ0v) is 12.6. The molecule has 0 radical (unpaired) electrons. The average molecular weight is 328 g/mol. The molecular formula is C16H14BrN3. The first-order valence-electron chi connectivity index (χ1n) is 6.31. The first kappa shape index (κ1) is 12.9. The van der Waals surface area contributed by atoms with Gasteiger partial charge in [0.05, 0.1) is 5.56 Å². The lowest BCUT2D eigenvalue weighted by atomic mass is 10.0. The molecule has 1 heterocycles. The van der Waals surface area contributed by atoms with Gasteiger partial charge in [0.2, 0.25) is 0 Å².